The minimum absolute atomic E-state index is 0. The van der Waals surface area contributed by atoms with Crippen molar-refractivity contribution in [2.75, 3.05) is 0 Å². The Hall–Kier alpha value is -1.51. The number of carboxylic acid groups (broad SMARTS) is 1. The molecule has 0 spiro atoms. The van der Waals surface area contributed by atoms with Crippen LogP contribution in [0.5, 0.6) is 5.75 Å². The van der Waals surface area contributed by atoms with Crippen LogP contribution in [0.25, 0.3) is 0 Å². The lowest BCUT2D eigenvalue weighted by atomic mass is 10.2. The molecule has 0 aliphatic carbocycles. The van der Waals surface area contributed by atoms with Crippen molar-refractivity contribution in [2.24, 2.45) is 0 Å². The predicted octanol–water partition coefficient (Wildman–Crippen LogP) is 1.34. The summed E-state index contributed by atoms with van der Waals surface area (Å²) < 4.78 is 0. The van der Waals surface area contributed by atoms with Crippen molar-refractivity contribution in [3.05, 3.63) is 29.8 Å². The molecule has 3 nitrogen and oxygen atoms in total. The van der Waals surface area contributed by atoms with Gasteiger partial charge in [0.2, 0.25) is 0 Å². The fourth-order valence-electron chi connectivity index (χ4n) is 0.604. The van der Waals surface area contributed by atoms with E-state index in [2.05, 4.69) is 0 Å². The molecule has 0 unspecified atom stereocenters. The Morgan fingerprint density at radius 2 is 1.80 bits per heavy atom. The molecule has 0 heterocycles. The standard InChI is InChI=1S/C7H6O3.H2/c8-6-3-1-5(2-4-6)7(9)10;/h1-4,8H,(H,9,10);1H. The summed E-state index contributed by atoms with van der Waals surface area (Å²) in [5.41, 5.74) is 0.179. The Labute approximate surface area is 59.0 Å². The fraction of sp³-hybridized carbons (Fsp3) is 0. The molecular weight excluding hydrogens is 132 g/mol. The molecule has 1 rings (SSSR count). The molecule has 0 bridgehead atoms. The number of carbonyl (C=O) groups is 1. The highest BCUT2D eigenvalue weighted by molar-refractivity contribution is 5.87. The maximum absolute atomic E-state index is 10.2. The number of benzene rings is 1. The van der Waals surface area contributed by atoms with E-state index in [1.54, 1.807) is 0 Å². The van der Waals surface area contributed by atoms with Crippen molar-refractivity contribution in [3.63, 3.8) is 0 Å². The van der Waals surface area contributed by atoms with Crippen LogP contribution in [0.2, 0.25) is 0 Å². The molecule has 10 heavy (non-hydrogen) atoms. The molecule has 0 saturated heterocycles. The number of aromatic carboxylic acids is 1. The van der Waals surface area contributed by atoms with Crippen LogP contribution in [0.15, 0.2) is 24.3 Å². The lowest BCUT2D eigenvalue weighted by Gasteiger charge is -1.92. The topological polar surface area (TPSA) is 57.5 Å². The van der Waals surface area contributed by atoms with E-state index < -0.39 is 5.97 Å². The van der Waals surface area contributed by atoms with Gasteiger partial charge in [0, 0.05) is 1.43 Å². The van der Waals surface area contributed by atoms with Gasteiger partial charge in [0.15, 0.2) is 0 Å². The molecule has 1 aromatic carbocycles. The molecule has 54 valence electrons. The van der Waals surface area contributed by atoms with Gasteiger partial charge in [-0.25, -0.2) is 4.79 Å². The maximum Gasteiger partial charge on any atom is 0.335 e. The van der Waals surface area contributed by atoms with Gasteiger partial charge in [-0.15, -0.1) is 0 Å². The van der Waals surface area contributed by atoms with Gasteiger partial charge in [-0.2, -0.15) is 0 Å². The van der Waals surface area contributed by atoms with Crippen molar-refractivity contribution in [1.82, 2.24) is 0 Å². The zero-order valence-corrected chi connectivity index (χ0v) is 5.11. The van der Waals surface area contributed by atoms with Crippen molar-refractivity contribution >= 4 is 5.97 Å². The first-order chi connectivity index (χ1) is 4.70. The van der Waals surface area contributed by atoms with Crippen molar-refractivity contribution in [2.45, 2.75) is 0 Å². The van der Waals surface area contributed by atoms with Gasteiger partial charge >= 0.3 is 5.97 Å². The maximum atomic E-state index is 10.2. The molecule has 0 atom stereocenters. The molecule has 0 saturated carbocycles. The molecule has 0 fully saturated rings. The Balaban J connectivity index is 0.000001000. The van der Waals surface area contributed by atoms with Crippen LogP contribution in [0, 0.1) is 0 Å². The number of hydrogen-bond acceptors (Lipinski definition) is 2. The average molecular weight is 140 g/mol. The van der Waals surface area contributed by atoms with Crippen LogP contribution in [-0.4, -0.2) is 16.2 Å². The third-order valence-electron chi connectivity index (χ3n) is 1.11. The van der Waals surface area contributed by atoms with E-state index >= 15 is 0 Å². The van der Waals surface area contributed by atoms with Crippen molar-refractivity contribution in [1.29, 1.82) is 0 Å². The first-order valence-corrected chi connectivity index (χ1v) is 2.72. The summed E-state index contributed by atoms with van der Waals surface area (Å²) in [7, 11) is 0. The number of aromatic hydroxyl groups is 1. The lowest BCUT2D eigenvalue weighted by Crippen LogP contribution is -1.93. The third kappa shape index (κ3) is 1.25. The van der Waals surface area contributed by atoms with Gasteiger partial charge in [0.25, 0.3) is 0 Å². The van der Waals surface area contributed by atoms with E-state index in [4.69, 9.17) is 10.2 Å². The minimum atomic E-state index is -0.986. The lowest BCUT2D eigenvalue weighted by molar-refractivity contribution is 0.0697. The number of carboxylic acids is 1. The number of phenolic OH excluding ortho intramolecular Hbond substituents is 1. The van der Waals surface area contributed by atoms with Crippen molar-refractivity contribution in [3.8, 4) is 5.75 Å². The highest BCUT2D eigenvalue weighted by Gasteiger charge is 1.99. The molecule has 0 aliphatic heterocycles. The molecule has 0 radical (unpaired) electrons. The van der Waals surface area contributed by atoms with Crippen LogP contribution in [0.1, 0.15) is 11.8 Å². The summed E-state index contributed by atoms with van der Waals surface area (Å²) in [6.07, 6.45) is 0. The van der Waals surface area contributed by atoms with Gasteiger partial charge in [-0.05, 0) is 24.3 Å². The van der Waals surface area contributed by atoms with Gasteiger partial charge in [-0.3, -0.25) is 0 Å². The SMILES string of the molecule is O=C(O)c1ccc(O)cc1.[HH]. The molecular formula is C7H8O3. The van der Waals surface area contributed by atoms with Crippen LogP contribution in [0.3, 0.4) is 0 Å². The summed E-state index contributed by atoms with van der Waals surface area (Å²) in [6, 6.07) is 5.36. The second kappa shape index (κ2) is 2.39. The van der Waals surface area contributed by atoms with E-state index in [0.29, 0.717) is 0 Å². The summed E-state index contributed by atoms with van der Waals surface area (Å²) in [5, 5.41) is 17.1. The predicted molar refractivity (Wildman–Crippen MR) is 37.2 cm³/mol. The quantitative estimate of drug-likeness (QED) is 0.618. The summed E-state index contributed by atoms with van der Waals surface area (Å²) in [5.74, 6) is -0.912. The fourth-order valence-corrected chi connectivity index (χ4v) is 0.604. The summed E-state index contributed by atoms with van der Waals surface area (Å²) in [4.78, 5) is 10.2. The van der Waals surface area contributed by atoms with Gasteiger partial charge in [0.1, 0.15) is 5.75 Å². The first kappa shape index (κ1) is 6.61. The van der Waals surface area contributed by atoms with Crippen LogP contribution in [0.4, 0.5) is 0 Å². The molecule has 3 heteroatoms. The highest BCUT2D eigenvalue weighted by atomic mass is 16.4. The molecule has 0 aromatic heterocycles. The minimum Gasteiger partial charge on any atom is -0.508 e. The summed E-state index contributed by atoms with van der Waals surface area (Å²) >= 11 is 0. The molecule has 1 aromatic rings. The van der Waals surface area contributed by atoms with Crippen LogP contribution in [-0.2, 0) is 0 Å². The first-order valence-electron chi connectivity index (χ1n) is 2.72. The second-order valence-corrected chi connectivity index (χ2v) is 1.85. The Bertz CT molecular complexity index is 242. The number of hydrogen-bond donors (Lipinski definition) is 2. The smallest absolute Gasteiger partial charge is 0.335 e. The normalized spacial score (nSPS) is 9.20. The Kier molecular flexibility index (Phi) is 1.58. The highest BCUT2D eigenvalue weighted by Crippen LogP contribution is 2.08. The Morgan fingerprint density at radius 1 is 1.30 bits per heavy atom. The zero-order chi connectivity index (χ0) is 7.56. The van der Waals surface area contributed by atoms with E-state index in [-0.39, 0.29) is 12.7 Å². The average Bonchev–Trinajstić information content (AvgIpc) is 1.88. The summed E-state index contributed by atoms with van der Waals surface area (Å²) in [6.45, 7) is 0. The largest absolute Gasteiger partial charge is 0.508 e. The van der Waals surface area contributed by atoms with Gasteiger partial charge in [0.05, 0.1) is 5.56 Å². The van der Waals surface area contributed by atoms with E-state index in [9.17, 15) is 4.79 Å². The monoisotopic (exact) mass is 140 g/mol. The Morgan fingerprint density at radius 3 is 2.20 bits per heavy atom. The van der Waals surface area contributed by atoms with E-state index in [0.717, 1.165) is 0 Å². The molecule has 2 N–H and O–H groups in total. The number of phenols is 1. The van der Waals surface area contributed by atoms with Gasteiger partial charge in [-0.1, -0.05) is 0 Å². The van der Waals surface area contributed by atoms with E-state index in [1.807, 2.05) is 0 Å². The zero-order valence-electron chi connectivity index (χ0n) is 5.11. The van der Waals surface area contributed by atoms with Crippen molar-refractivity contribution < 1.29 is 16.4 Å². The molecule has 0 amide bonds. The number of rotatable bonds is 1. The van der Waals surface area contributed by atoms with Gasteiger partial charge < -0.3 is 10.2 Å². The van der Waals surface area contributed by atoms with Crippen LogP contribution >= 0.6 is 0 Å². The van der Waals surface area contributed by atoms with Crippen LogP contribution < -0.4 is 0 Å². The third-order valence-corrected chi connectivity index (χ3v) is 1.11. The van der Waals surface area contributed by atoms with E-state index in [1.165, 1.54) is 24.3 Å². The molecule has 0 aliphatic rings. The second-order valence-electron chi connectivity index (χ2n) is 1.85.